The number of carbonyl (C=O) groups excluding carboxylic acids is 1. The Morgan fingerprint density at radius 2 is 2.21 bits per heavy atom. The highest BCUT2D eigenvalue weighted by Gasteiger charge is 2.26. The zero-order valence-electron chi connectivity index (χ0n) is 7.72. The third kappa shape index (κ3) is 2.08. The highest BCUT2D eigenvalue weighted by atomic mass is 32.2. The molecule has 0 amide bonds. The molecule has 0 aromatic carbocycles. The number of rotatable bonds is 1. The number of hydrogen-bond acceptors (Lipinski definition) is 4. The van der Waals surface area contributed by atoms with Gasteiger partial charge < -0.3 is 4.74 Å². The Hall–Kier alpha value is -1.43. The average molecular weight is 215 g/mol. The molecule has 76 valence electrons. The van der Waals surface area contributed by atoms with Gasteiger partial charge in [-0.2, -0.15) is 8.42 Å². The summed E-state index contributed by atoms with van der Waals surface area (Å²) in [5, 5.41) is 0. The third-order valence-corrected chi connectivity index (χ3v) is 2.40. The van der Waals surface area contributed by atoms with Gasteiger partial charge in [0.1, 0.15) is 5.92 Å². The fourth-order valence-electron chi connectivity index (χ4n) is 1.05. The summed E-state index contributed by atoms with van der Waals surface area (Å²) >= 11 is 0. The molecule has 6 heteroatoms. The molecule has 1 heterocycles. The van der Waals surface area contributed by atoms with Gasteiger partial charge in [0, 0.05) is 5.71 Å². The van der Waals surface area contributed by atoms with Crippen LogP contribution < -0.4 is 0 Å². The van der Waals surface area contributed by atoms with Gasteiger partial charge in [-0.05, 0) is 13.0 Å². The fraction of sp³-hybridized carbons (Fsp3) is 0.375. The van der Waals surface area contributed by atoms with Gasteiger partial charge in [0.05, 0.1) is 7.11 Å². The second-order valence-electron chi connectivity index (χ2n) is 2.69. The topological polar surface area (TPSA) is 72.8 Å². The first-order chi connectivity index (χ1) is 6.56. The molecule has 0 fully saturated rings. The van der Waals surface area contributed by atoms with E-state index in [0.717, 1.165) is 0 Å². The monoisotopic (exact) mass is 215 g/mol. The van der Waals surface area contributed by atoms with Crippen LogP contribution in [0.2, 0.25) is 0 Å². The van der Waals surface area contributed by atoms with Crippen LogP contribution in [0.15, 0.2) is 17.1 Å². The Kier molecular flexibility index (Phi) is 3.19. The molecular formula is C8H9NO4S. The van der Waals surface area contributed by atoms with E-state index in [9.17, 15) is 13.2 Å². The molecular weight excluding hydrogens is 206 g/mol. The molecule has 0 radical (unpaired) electrons. The second kappa shape index (κ2) is 4.19. The zero-order chi connectivity index (χ0) is 10.7. The van der Waals surface area contributed by atoms with Crippen molar-refractivity contribution in [2.24, 2.45) is 10.9 Å². The molecule has 0 saturated carbocycles. The minimum absolute atomic E-state index is 0.197. The van der Waals surface area contributed by atoms with Gasteiger partial charge in [-0.25, -0.2) is 4.99 Å². The lowest BCUT2D eigenvalue weighted by Crippen LogP contribution is -2.26. The molecule has 1 aliphatic heterocycles. The van der Waals surface area contributed by atoms with Gasteiger partial charge in [0.25, 0.3) is 0 Å². The Balaban J connectivity index is 3.19. The fourth-order valence-corrected chi connectivity index (χ4v) is 1.65. The van der Waals surface area contributed by atoms with Crippen molar-refractivity contribution in [3.63, 3.8) is 0 Å². The standard InChI is InChI=1S/C8H9NO4S/c1-5-3-4-6(8(10)13-2)7(9-5)14(11)12/h3-4,6H,1-2H3. The summed E-state index contributed by atoms with van der Waals surface area (Å²) in [6, 6.07) is 0. The molecule has 0 aromatic heterocycles. The van der Waals surface area contributed by atoms with Crippen LogP contribution in [-0.4, -0.2) is 32.2 Å². The molecule has 14 heavy (non-hydrogen) atoms. The van der Waals surface area contributed by atoms with E-state index in [-0.39, 0.29) is 4.99 Å². The first kappa shape index (κ1) is 10.6. The minimum Gasteiger partial charge on any atom is -0.468 e. The van der Waals surface area contributed by atoms with Crippen LogP contribution in [-0.2, 0) is 19.8 Å². The molecule has 0 aliphatic carbocycles. The third-order valence-electron chi connectivity index (χ3n) is 1.71. The lowest BCUT2D eigenvalue weighted by atomic mass is 10.1. The van der Waals surface area contributed by atoms with E-state index in [1.165, 1.54) is 13.2 Å². The molecule has 0 spiro atoms. The lowest BCUT2D eigenvalue weighted by Gasteiger charge is -2.11. The van der Waals surface area contributed by atoms with E-state index in [4.69, 9.17) is 0 Å². The summed E-state index contributed by atoms with van der Waals surface area (Å²) in [5.41, 5.74) is 0.546. The number of dihydropyridines is 1. The van der Waals surface area contributed by atoms with Gasteiger partial charge >= 0.3 is 5.97 Å². The zero-order valence-corrected chi connectivity index (χ0v) is 8.54. The van der Waals surface area contributed by atoms with Gasteiger partial charge in [0.15, 0.2) is 4.99 Å². The minimum atomic E-state index is -2.50. The van der Waals surface area contributed by atoms with Crippen molar-refractivity contribution in [2.75, 3.05) is 7.11 Å². The molecule has 5 nitrogen and oxygen atoms in total. The summed E-state index contributed by atoms with van der Waals surface area (Å²) in [6.45, 7) is 1.65. The van der Waals surface area contributed by atoms with Gasteiger partial charge in [-0.1, -0.05) is 6.08 Å². The first-order valence-corrected chi connectivity index (χ1v) is 4.91. The second-order valence-corrected chi connectivity index (χ2v) is 3.57. The Labute approximate surface area is 82.6 Å². The summed E-state index contributed by atoms with van der Waals surface area (Å²) < 4.78 is 25.9. The van der Waals surface area contributed by atoms with Crippen LogP contribution in [0.25, 0.3) is 0 Å². The maximum atomic E-state index is 11.2. The van der Waals surface area contributed by atoms with Crippen LogP contribution in [0.5, 0.6) is 0 Å². The molecule has 0 aromatic rings. The summed E-state index contributed by atoms with van der Waals surface area (Å²) in [4.78, 5) is 14.7. The Bertz CT molecular complexity index is 436. The van der Waals surface area contributed by atoms with Gasteiger partial charge in [-0.3, -0.25) is 4.79 Å². The van der Waals surface area contributed by atoms with E-state index in [1.54, 1.807) is 13.0 Å². The number of carbonyl (C=O) groups is 1. The molecule has 0 bridgehead atoms. The van der Waals surface area contributed by atoms with Crippen molar-refractivity contribution in [3.05, 3.63) is 12.2 Å². The van der Waals surface area contributed by atoms with E-state index < -0.39 is 22.2 Å². The SMILES string of the molecule is COC(=O)C1C=CC(C)=NC1=S(=O)=O. The van der Waals surface area contributed by atoms with E-state index in [0.29, 0.717) is 5.71 Å². The van der Waals surface area contributed by atoms with E-state index in [2.05, 4.69) is 9.73 Å². The van der Waals surface area contributed by atoms with Gasteiger partial charge in [0.2, 0.25) is 10.3 Å². The molecule has 0 N–H and O–H groups in total. The van der Waals surface area contributed by atoms with Crippen molar-refractivity contribution in [1.29, 1.82) is 0 Å². The molecule has 1 atom stereocenters. The number of nitrogens with zero attached hydrogens (tertiary/aromatic N) is 1. The Morgan fingerprint density at radius 3 is 2.71 bits per heavy atom. The summed E-state index contributed by atoms with van der Waals surface area (Å²) in [5.74, 6) is -1.54. The maximum Gasteiger partial charge on any atom is 0.319 e. The van der Waals surface area contributed by atoms with Crippen LogP contribution in [0.4, 0.5) is 0 Å². The summed E-state index contributed by atoms with van der Waals surface area (Å²) in [7, 11) is -1.30. The number of esters is 1. The largest absolute Gasteiger partial charge is 0.468 e. The maximum absolute atomic E-state index is 11.2. The van der Waals surface area contributed by atoms with Crippen LogP contribution in [0, 0.1) is 5.92 Å². The van der Waals surface area contributed by atoms with Crippen molar-refractivity contribution < 1.29 is 17.9 Å². The van der Waals surface area contributed by atoms with Crippen molar-refractivity contribution in [2.45, 2.75) is 6.92 Å². The number of aliphatic imine (C=N–C) groups is 1. The van der Waals surface area contributed by atoms with Crippen LogP contribution in [0.1, 0.15) is 6.92 Å². The quantitative estimate of drug-likeness (QED) is 0.449. The summed E-state index contributed by atoms with van der Waals surface area (Å²) in [6.07, 6.45) is 3.04. The number of hydrogen-bond donors (Lipinski definition) is 0. The molecule has 1 aliphatic rings. The normalized spacial score (nSPS) is 20.3. The van der Waals surface area contributed by atoms with Crippen molar-refractivity contribution in [3.8, 4) is 0 Å². The number of ether oxygens (including phenoxy) is 1. The number of allylic oxidation sites excluding steroid dienone is 1. The van der Waals surface area contributed by atoms with Crippen LogP contribution in [0.3, 0.4) is 0 Å². The highest BCUT2D eigenvalue weighted by Crippen LogP contribution is 2.10. The molecule has 0 saturated heterocycles. The number of methoxy groups -OCH3 is 1. The smallest absolute Gasteiger partial charge is 0.319 e. The van der Waals surface area contributed by atoms with E-state index >= 15 is 0 Å². The molecule has 1 unspecified atom stereocenters. The predicted octanol–water partition coefficient (Wildman–Crippen LogP) is -0.185. The first-order valence-electron chi connectivity index (χ1n) is 3.83. The van der Waals surface area contributed by atoms with Crippen molar-refractivity contribution >= 4 is 27.0 Å². The van der Waals surface area contributed by atoms with E-state index in [1.807, 2.05) is 0 Å². The Morgan fingerprint density at radius 1 is 1.57 bits per heavy atom. The predicted molar refractivity (Wildman–Crippen MR) is 51.7 cm³/mol. The van der Waals surface area contributed by atoms with Crippen LogP contribution >= 0.6 is 0 Å². The molecule has 1 rings (SSSR count). The highest BCUT2D eigenvalue weighted by molar-refractivity contribution is 7.73. The average Bonchev–Trinajstić information content (AvgIpc) is 2.16. The van der Waals surface area contributed by atoms with Crippen molar-refractivity contribution in [1.82, 2.24) is 0 Å². The van der Waals surface area contributed by atoms with Gasteiger partial charge in [-0.15, -0.1) is 0 Å². The lowest BCUT2D eigenvalue weighted by molar-refractivity contribution is -0.141.